The molecule has 17 heavy (non-hydrogen) atoms. The smallest absolute Gasteiger partial charge is 0.134 e. The van der Waals surface area contributed by atoms with Gasteiger partial charge in [-0.2, -0.15) is 11.8 Å². The number of aliphatic hydroxyl groups excluding tert-OH is 1. The number of phenols is 1. The number of hydrogen-bond donors (Lipinski definition) is 3. The number of aromatic hydroxyl groups is 1. The molecule has 0 heterocycles. The van der Waals surface area contributed by atoms with Crippen LogP contribution in [0.25, 0.3) is 0 Å². The molecule has 0 saturated carbocycles. The largest absolute Gasteiger partial charge is 0.506 e. The molecule has 0 amide bonds. The van der Waals surface area contributed by atoms with Gasteiger partial charge in [0.05, 0.1) is 11.1 Å². The lowest BCUT2D eigenvalue weighted by Crippen LogP contribution is -2.37. The Morgan fingerprint density at radius 3 is 2.76 bits per heavy atom. The normalized spacial score (nSPS) is 14.6. The van der Waals surface area contributed by atoms with Crippen molar-refractivity contribution in [1.82, 2.24) is 5.32 Å². The van der Waals surface area contributed by atoms with E-state index in [1.54, 1.807) is 17.8 Å². The Morgan fingerprint density at radius 2 is 2.18 bits per heavy atom. The number of rotatable bonds is 6. The van der Waals surface area contributed by atoms with Crippen molar-refractivity contribution in [3.05, 3.63) is 28.2 Å². The molecule has 96 valence electrons. The number of hydrogen-bond acceptors (Lipinski definition) is 4. The van der Waals surface area contributed by atoms with E-state index in [-0.39, 0.29) is 23.6 Å². The first-order valence-electron chi connectivity index (χ1n) is 5.43. The molecular formula is C12H18BrNO2S. The van der Waals surface area contributed by atoms with Gasteiger partial charge in [-0.15, -0.1) is 0 Å². The summed E-state index contributed by atoms with van der Waals surface area (Å²) in [7, 11) is 0. The van der Waals surface area contributed by atoms with Gasteiger partial charge in [0.25, 0.3) is 0 Å². The molecule has 0 aliphatic carbocycles. The maximum Gasteiger partial charge on any atom is 0.134 e. The third-order valence-electron chi connectivity index (χ3n) is 2.73. The quantitative estimate of drug-likeness (QED) is 0.753. The summed E-state index contributed by atoms with van der Waals surface area (Å²) in [6.45, 7) is 2.77. The summed E-state index contributed by atoms with van der Waals surface area (Å²) < 4.78 is 0.702. The van der Waals surface area contributed by atoms with Gasteiger partial charge in [-0.1, -0.05) is 12.1 Å². The molecule has 0 spiro atoms. The van der Waals surface area contributed by atoms with Crippen LogP contribution in [0.15, 0.2) is 22.7 Å². The summed E-state index contributed by atoms with van der Waals surface area (Å²) >= 11 is 4.92. The van der Waals surface area contributed by atoms with Crippen LogP contribution in [0.1, 0.15) is 12.5 Å². The molecule has 0 bridgehead atoms. The van der Waals surface area contributed by atoms with E-state index in [1.165, 1.54) is 0 Å². The van der Waals surface area contributed by atoms with E-state index < -0.39 is 0 Å². The Hall–Kier alpha value is -0.230. The van der Waals surface area contributed by atoms with Crippen molar-refractivity contribution in [2.45, 2.75) is 24.8 Å². The molecule has 2 unspecified atom stereocenters. The van der Waals surface area contributed by atoms with Crippen LogP contribution < -0.4 is 5.32 Å². The van der Waals surface area contributed by atoms with Crippen LogP contribution in [0.3, 0.4) is 0 Å². The van der Waals surface area contributed by atoms with E-state index in [0.29, 0.717) is 11.0 Å². The Morgan fingerprint density at radius 1 is 1.47 bits per heavy atom. The second-order valence-electron chi connectivity index (χ2n) is 3.87. The summed E-state index contributed by atoms with van der Waals surface area (Å²) in [5, 5.41) is 22.5. The van der Waals surface area contributed by atoms with E-state index in [1.807, 2.05) is 25.3 Å². The lowest BCUT2D eigenvalue weighted by Gasteiger charge is -2.21. The lowest BCUT2D eigenvalue weighted by atomic mass is 10.1. The summed E-state index contributed by atoms with van der Waals surface area (Å²) in [5.41, 5.74) is 0.851. The van der Waals surface area contributed by atoms with Gasteiger partial charge in [0.15, 0.2) is 0 Å². The minimum absolute atomic E-state index is 0.153. The Balaban J connectivity index is 2.58. The fourth-order valence-electron chi connectivity index (χ4n) is 1.54. The SMILES string of the molecule is CSC(CO)C(C)NCc1cccc(Br)c1O. The summed E-state index contributed by atoms with van der Waals surface area (Å²) in [5.74, 6) is 0.275. The van der Waals surface area contributed by atoms with E-state index in [2.05, 4.69) is 21.2 Å². The minimum atomic E-state index is 0.153. The predicted molar refractivity (Wildman–Crippen MR) is 76.5 cm³/mol. The molecule has 0 fully saturated rings. The van der Waals surface area contributed by atoms with Gasteiger partial charge >= 0.3 is 0 Å². The van der Waals surface area contributed by atoms with E-state index in [0.717, 1.165) is 5.56 Å². The lowest BCUT2D eigenvalue weighted by molar-refractivity contribution is 0.275. The molecule has 1 aromatic rings. The van der Waals surface area contributed by atoms with Crippen molar-refractivity contribution in [1.29, 1.82) is 0 Å². The molecular weight excluding hydrogens is 302 g/mol. The average molecular weight is 320 g/mol. The van der Waals surface area contributed by atoms with Crippen molar-refractivity contribution in [3.8, 4) is 5.75 Å². The number of para-hydroxylation sites is 1. The van der Waals surface area contributed by atoms with Crippen LogP contribution in [-0.2, 0) is 6.54 Å². The average Bonchev–Trinajstić information content (AvgIpc) is 2.32. The minimum Gasteiger partial charge on any atom is -0.506 e. The summed E-state index contributed by atoms with van der Waals surface area (Å²) in [6.07, 6.45) is 1.98. The van der Waals surface area contributed by atoms with Gasteiger partial charge in [0.1, 0.15) is 5.75 Å². The Kier molecular flexibility index (Phi) is 6.33. The number of nitrogens with one attached hydrogen (secondary N) is 1. The molecule has 0 saturated heterocycles. The van der Waals surface area contributed by atoms with Gasteiger partial charge in [-0.05, 0) is 35.2 Å². The highest BCUT2D eigenvalue weighted by Gasteiger charge is 2.15. The van der Waals surface area contributed by atoms with Crippen molar-refractivity contribution < 1.29 is 10.2 Å². The fourth-order valence-corrected chi connectivity index (χ4v) is 2.60. The standard InChI is InChI=1S/C12H18BrNO2S/c1-8(11(7-15)17-2)14-6-9-4-3-5-10(13)12(9)16/h3-5,8,11,14-16H,6-7H2,1-2H3. The van der Waals surface area contributed by atoms with Crippen LogP contribution in [0.2, 0.25) is 0 Å². The van der Waals surface area contributed by atoms with E-state index in [9.17, 15) is 10.2 Å². The summed E-state index contributed by atoms with van der Waals surface area (Å²) in [6, 6.07) is 5.77. The number of benzene rings is 1. The molecule has 2 atom stereocenters. The van der Waals surface area contributed by atoms with Crippen LogP contribution in [0, 0.1) is 0 Å². The van der Waals surface area contributed by atoms with Crippen LogP contribution >= 0.6 is 27.7 Å². The molecule has 1 aromatic carbocycles. The van der Waals surface area contributed by atoms with E-state index in [4.69, 9.17) is 0 Å². The van der Waals surface area contributed by atoms with Crippen LogP contribution in [0.4, 0.5) is 0 Å². The van der Waals surface area contributed by atoms with Crippen molar-refractivity contribution in [3.63, 3.8) is 0 Å². The van der Waals surface area contributed by atoms with Gasteiger partial charge in [0.2, 0.25) is 0 Å². The second-order valence-corrected chi connectivity index (χ2v) is 5.81. The molecule has 0 aliphatic rings. The highest BCUT2D eigenvalue weighted by atomic mass is 79.9. The van der Waals surface area contributed by atoms with Crippen LogP contribution in [-0.4, -0.2) is 34.4 Å². The number of thioether (sulfide) groups is 1. The Bertz CT molecular complexity index is 358. The third kappa shape index (κ3) is 4.17. The van der Waals surface area contributed by atoms with E-state index >= 15 is 0 Å². The van der Waals surface area contributed by atoms with Crippen molar-refractivity contribution in [2.75, 3.05) is 12.9 Å². The predicted octanol–water partition coefficient (Wildman–Crippen LogP) is 2.36. The molecule has 3 nitrogen and oxygen atoms in total. The molecule has 1 rings (SSSR count). The monoisotopic (exact) mass is 319 g/mol. The Labute approximate surface area is 115 Å². The number of phenolic OH excluding ortho intramolecular Hbond substituents is 1. The van der Waals surface area contributed by atoms with Crippen molar-refractivity contribution >= 4 is 27.7 Å². The zero-order valence-corrected chi connectivity index (χ0v) is 12.4. The molecule has 0 radical (unpaired) electrons. The van der Waals surface area contributed by atoms with Crippen LogP contribution in [0.5, 0.6) is 5.75 Å². The van der Waals surface area contributed by atoms with Crippen molar-refractivity contribution in [2.24, 2.45) is 0 Å². The summed E-state index contributed by atoms with van der Waals surface area (Å²) in [4.78, 5) is 0. The topological polar surface area (TPSA) is 52.5 Å². The first-order valence-corrected chi connectivity index (χ1v) is 7.51. The first-order chi connectivity index (χ1) is 8.10. The molecule has 0 aliphatic heterocycles. The second kappa shape index (κ2) is 7.26. The highest BCUT2D eigenvalue weighted by Crippen LogP contribution is 2.27. The zero-order chi connectivity index (χ0) is 12.8. The number of halogens is 1. The third-order valence-corrected chi connectivity index (χ3v) is 4.53. The first kappa shape index (κ1) is 14.8. The molecule has 3 N–H and O–H groups in total. The van der Waals surface area contributed by atoms with Gasteiger partial charge in [-0.25, -0.2) is 0 Å². The zero-order valence-electron chi connectivity index (χ0n) is 9.98. The molecule has 5 heteroatoms. The van der Waals surface area contributed by atoms with Gasteiger partial charge < -0.3 is 15.5 Å². The maximum atomic E-state index is 9.82. The van der Waals surface area contributed by atoms with Gasteiger partial charge in [-0.3, -0.25) is 0 Å². The highest BCUT2D eigenvalue weighted by molar-refractivity contribution is 9.10. The molecule has 0 aromatic heterocycles. The van der Waals surface area contributed by atoms with Gasteiger partial charge in [0, 0.05) is 23.4 Å². The number of aliphatic hydroxyl groups is 1. The fraction of sp³-hybridized carbons (Fsp3) is 0.500. The maximum absolute atomic E-state index is 9.82.